The molecular weight excluding hydrogens is 688 g/mol. The van der Waals surface area contributed by atoms with Crippen molar-refractivity contribution in [3.8, 4) is 5.75 Å². The number of benzene rings is 3. The van der Waals surface area contributed by atoms with Crippen LogP contribution in [0, 0.1) is 0 Å². The minimum Gasteiger partial charge on any atom is -0.508 e. The number of aromatic amines is 1. The van der Waals surface area contributed by atoms with Crippen molar-refractivity contribution in [2.75, 3.05) is 6.54 Å². The smallest absolute Gasteiger partial charge is 0.416 e. The van der Waals surface area contributed by atoms with E-state index >= 15 is 0 Å². The van der Waals surface area contributed by atoms with Crippen LogP contribution in [-0.4, -0.2) is 58.5 Å². The average Bonchev–Trinajstić information content (AvgIpc) is 3.48. The number of H-pyrrole nitrogens is 1. The summed E-state index contributed by atoms with van der Waals surface area (Å²) >= 11 is 0. The van der Waals surface area contributed by atoms with Crippen molar-refractivity contribution in [2.45, 2.75) is 56.9 Å². The van der Waals surface area contributed by atoms with E-state index in [2.05, 4.69) is 20.9 Å². The topological polar surface area (TPSA) is 176 Å². The van der Waals surface area contributed by atoms with Gasteiger partial charge in [-0.15, -0.1) is 0 Å². The number of aromatic hydroxyl groups is 1. The second-order valence-corrected chi connectivity index (χ2v) is 11.6. The number of amides is 3. The highest BCUT2D eigenvalue weighted by atomic mass is 19.4. The van der Waals surface area contributed by atoms with Gasteiger partial charge in [0.05, 0.1) is 23.7 Å². The Morgan fingerprint density at radius 1 is 0.843 bits per heavy atom. The summed E-state index contributed by atoms with van der Waals surface area (Å²) in [4.78, 5) is 54.3. The van der Waals surface area contributed by atoms with E-state index in [1.807, 2.05) is 0 Å². The minimum absolute atomic E-state index is 0.0328. The number of nitrogens with one attached hydrogen (secondary N) is 4. The Kier molecular flexibility index (Phi) is 12.0. The molecule has 0 spiro atoms. The van der Waals surface area contributed by atoms with E-state index in [-0.39, 0.29) is 24.7 Å². The number of nitrogens with two attached hydrogens (primary N) is 1. The van der Waals surface area contributed by atoms with Gasteiger partial charge in [0.1, 0.15) is 24.4 Å². The van der Waals surface area contributed by atoms with Gasteiger partial charge in [-0.1, -0.05) is 30.3 Å². The Hall–Kier alpha value is -5.58. The van der Waals surface area contributed by atoms with Gasteiger partial charge in [0, 0.05) is 23.5 Å². The molecule has 3 atom stereocenters. The molecule has 0 aliphatic rings. The van der Waals surface area contributed by atoms with Gasteiger partial charge in [-0.2, -0.15) is 26.3 Å². The predicted octanol–water partition coefficient (Wildman–Crippen LogP) is 3.87. The van der Waals surface area contributed by atoms with E-state index < -0.39 is 84.0 Å². The Labute approximate surface area is 286 Å². The lowest BCUT2D eigenvalue weighted by molar-refractivity contribution is -0.149. The number of alkyl halides is 6. The number of aromatic nitrogens is 1. The number of rotatable bonds is 13. The Morgan fingerprint density at radius 2 is 1.47 bits per heavy atom. The van der Waals surface area contributed by atoms with Gasteiger partial charge < -0.3 is 36.5 Å². The maximum atomic E-state index is 13.3. The number of halogens is 6. The molecular formula is C34H33F6N5O6. The zero-order chi connectivity index (χ0) is 37.5. The number of phenolic OH excluding ortho intramolecular Hbond substituents is 1. The van der Waals surface area contributed by atoms with Gasteiger partial charge in [-0.3, -0.25) is 14.4 Å². The van der Waals surface area contributed by atoms with Crippen molar-refractivity contribution >= 4 is 34.6 Å². The van der Waals surface area contributed by atoms with E-state index in [1.165, 1.54) is 19.1 Å². The molecule has 11 nitrogen and oxygen atoms in total. The van der Waals surface area contributed by atoms with Gasteiger partial charge in [0.2, 0.25) is 17.7 Å². The van der Waals surface area contributed by atoms with E-state index in [0.29, 0.717) is 34.2 Å². The highest BCUT2D eigenvalue weighted by molar-refractivity contribution is 5.93. The zero-order valence-electron chi connectivity index (χ0n) is 26.8. The van der Waals surface area contributed by atoms with E-state index in [9.17, 15) is 50.6 Å². The summed E-state index contributed by atoms with van der Waals surface area (Å²) in [5.74, 6) is -3.48. The van der Waals surface area contributed by atoms with Gasteiger partial charge in [0.15, 0.2) is 0 Å². The highest BCUT2D eigenvalue weighted by Crippen LogP contribution is 2.36. The molecule has 0 radical (unpaired) electrons. The Balaban J connectivity index is 1.41. The normalized spacial score (nSPS) is 13.6. The van der Waals surface area contributed by atoms with Crippen molar-refractivity contribution in [3.63, 3.8) is 0 Å². The van der Waals surface area contributed by atoms with Crippen molar-refractivity contribution in [2.24, 2.45) is 5.73 Å². The van der Waals surface area contributed by atoms with Crippen LogP contribution in [0.4, 0.5) is 26.3 Å². The van der Waals surface area contributed by atoms with Crippen LogP contribution in [0.1, 0.15) is 34.7 Å². The third-order valence-electron chi connectivity index (χ3n) is 7.65. The molecule has 0 saturated heterocycles. The van der Waals surface area contributed by atoms with Gasteiger partial charge >= 0.3 is 18.3 Å². The summed E-state index contributed by atoms with van der Waals surface area (Å²) in [6, 6.07) is 10.0. The quantitative estimate of drug-likeness (QED) is 0.0898. The number of hydrogen-bond donors (Lipinski definition) is 6. The molecule has 17 heteroatoms. The van der Waals surface area contributed by atoms with Crippen LogP contribution in [0.25, 0.3) is 10.9 Å². The standard InChI is InChI=1S/C34H33F6N5O6/c1-18(44-31(49)26(41)12-19-6-8-24(46)9-7-19)30(48)43-16-29(47)45-28(13-21-15-42-27-5-3-2-4-25(21)27)32(50)51-17-20-10-22(33(35,36)37)14-23(11-20)34(38,39)40/h2-11,14-15,18,26,28,42,46H,12-13,16-17,41H2,1H3,(H,43,48)(H,44,49)(H,45,47)/t18-,26+,28+/m1/s1. The van der Waals surface area contributed by atoms with Crippen molar-refractivity contribution in [1.29, 1.82) is 0 Å². The number of esters is 1. The maximum absolute atomic E-state index is 13.3. The molecule has 3 amide bonds. The molecule has 4 rings (SSSR count). The first-order chi connectivity index (χ1) is 23.9. The first-order valence-electron chi connectivity index (χ1n) is 15.3. The molecule has 0 aliphatic carbocycles. The summed E-state index contributed by atoms with van der Waals surface area (Å²) in [6.07, 6.45) is -8.77. The molecule has 7 N–H and O–H groups in total. The molecule has 0 fully saturated rings. The van der Waals surface area contributed by atoms with Gasteiger partial charge in [-0.05, 0) is 66.4 Å². The van der Waals surface area contributed by atoms with Crippen LogP contribution in [0.15, 0.2) is 72.9 Å². The molecule has 0 unspecified atom stereocenters. The monoisotopic (exact) mass is 721 g/mol. The molecule has 0 aliphatic heterocycles. The number of para-hydroxylation sites is 1. The lowest BCUT2D eigenvalue weighted by atomic mass is 10.0. The Bertz CT molecular complexity index is 1840. The molecule has 3 aromatic carbocycles. The van der Waals surface area contributed by atoms with Crippen LogP contribution in [0.3, 0.4) is 0 Å². The third kappa shape index (κ3) is 10.7. The van der Waals surface area contributed by atoms with Crippen LogP contribution in [0.2, 0.25) is 0 Å². The number of ether oxygens (including phenoxy) is 1. The largest absolute Gasteiger partial charge is 0.508 e. The number of hydrogen-bond acceptors (Lipinski definition) is 7. The van der Waals surface area contributed by atoms with E-state index in [0.717, 1.165) is 0 Å². The SMILES string of the molecule is C[C@@H](NC(=O)[C@@H](N)Cc1ccc(O)cc1)C(=O)NCC(=O)N[C@@H](Cc1c[nH]c2ccccc12)C(=O)OCc1cc(C(F)(F)F)cc(C(F)(F)F)c1. The molecule has 1 aromatic heterocycles. The molecule has 0 bridgehead atoms. The molecule has 0 saturated carbocycles. The summed E-state index contributed by atoms with van der Waals surface area (Å²) < 4.78 is 85.1. The summed E-state index contributed by atoms with van der Waals surface area (Å²) in [5, 5.41) is 17.2. The van der Waals surface area contributed by atoms with E-state index in [4.69, 9.17) is 10.5 Å². The lowest BCUT2D eigenvalue weighted by Gasteiger charge is -2.20. The van der Waals surface area contributed by atoms with Crippen LogP contribution >= 0.6 is 0 Å². The third-order valence-corrected chi connectivity index (χ3v) is 7.65. The fourth-order valence-corrected chi connectivity index (χ4v) is 5.00. The second kappa shape index (κ2) is 16.0. The molecule has 4 aromatic rings. The molecule has 272 valence electrons. The van der Waals surface area contributed by atoms with E-state index in [1.54, 1.807) is 42.6 Å². The summed E-state index contributed by atoms with van der Waals surface area (Å²) in [6.45, 7) is -0.318. The van der Waals surface area contributed by atoms with Crippen LogP contribution in [0.5, 0.6) is 5.75 Å². The summed E-state index contributed by atoms with van der Waals surface area (Å²) in [5.41, 5.74) is 4.02. The number of carbonyl (C=O) groups is 4. The van der Waals surface area contributed by atoms with Gasteiger partial charge in [-0.25, -0.2) is 4.79 Å². The first-order valence-corrected chi connectivity index (χ1v) is 15.3. The van der Waals surface area contributed by atoms with Crippen molar-refractivity contribution in [1.82, 2.24) is 20.9 Å². The summed E-state index contributed by atoms with van der Waals surface area (Å²) in [7, 11) is 0. The van der Waals surface area contributed by atoms with Crippen molar-refractivity contribution in [3.05, 3.63) is 101 Å². The Morgan fingerprint density at radius 3 is 2.10 bits per heavy atom. The fourth-order valence-electron chi connectivity index (χ4n) is 5.00. The first kappa shape index (κ1) is 38.2. The molecule has 1 heterocycles. The van der Waals surface area contributed by atoms with Gasteiger partial charge in [0.25, 0.3) is 0 Å². The van der Waals surface area contributed by atoms with Crippen molar-refractivity contribution < 1.29 is 55.4 Å². The van der Waals surface area contributed by atoms with Crippen LogP contribution in [-0.2, 0) is 55.7 Å². The van der Waals surface area contributed by atoms with Crippen LogP contribution < -0.4 is 21.7 Å². The fraction of sp³-hybridized carbons (Fsp3) is 0.294. The second-order valence-electron chi connectivity index (χ2n) is 11.6. The molecule has 51 heavy (non-hydrogen) atoms. The maximum Gasteiger partial charge on any atom is 0.416 e. The lowest BCUT2D eigenvalue weighted by Crippen LogP contribution is -2.53. The highest BCUT2D eigenvalue weighted by Gasteiger charge is 2.37. The predicted molar refractivity (Wildman–Crippen MR) is 171 cm³/mol. The number of fused-ring (bicyclic) bond motifs is 1. The minimum atomic E-state index is -5.11. The number of phenols is 1. The zero-order valence-corrected chi connectivity index (χ0v) is 26.8. The average molecular weight is 722 g/mol. The number of carbonyl (C=O) groups excluding carboxylic acids is 4.